The van der Waals surface area contributed by atoms with E-state index in [4.69, 9.17) is 16.3 Å². The lowest BCUT2D eigenvalue weighted by Crippen LogP contribution is -2.49. The summed E-state index contributed by atoms with van der Waals surface area (Å²) in [6.45, 7) is -2.13. The summed E-state index contributed by atoms with van der Waals surface area (Å²) in [7, 11) is 1.80. The number of rotatable bonds is 11. The van der Waals surface area contributed by atoms with E-state index in [1.807, 2.05) is 4.90 Å². The van der Waals surface area contributed by atoms with Crippen molar-refractivity contribution >= 4 is 52.0 Å². The van der Waals surface area contributed by atoms with Crippen LogP contribution in [0.3, 0.4) is 0 Å². The van der Waals surface area contributed by atoms with E-state index < -0.39 is 18.6 Å². The Morgan fingerprint density at radius 2 is 2.08 bits per heavy atom. The Kier molecular flexibility index (Phi) is 8.95. The number of amides is 3. The number of anilines is 2. The maximum atomic E-state index is 13.3. The highest BCUT2D eigenvalue weighted by Crippen LogP contribution is 2.34. The predicted octanol–water partition coefficient (Wildman–Crippen LogP) is 3.45. The fourth-order valence-electron chi connectivity index (χ4n) is 4.00. The summed E-state index contributed by atoms with van der Waals surface area (Å²) in [5.41, 5.74) is 0.377. The molecule has 200 valence electrons. The van der Waals surface area contributed by atoms with Crippen molar-refractivity contribution in [3.8, 4) is 5.75 Å². The molecule has 0 spiro atoms. The van der Waals surface area contributed by atoms with Gasteiger partial charge in [0.15, 0.2) is 5.75 Å². The van der Waals surface area contributed by atoms with E-state index in [1.165, 1.54) is 23.1 Å². The molecular weight excluding hydrogens is 530 g/mol. The molecule has 0 radical (unpaired) electrons. The second kappa shape index (κ2) is 12.2. The van der Waals surface area contributed by atoms with Gasteiger partial charge in [-0.2, -0.15) is 8.78 Å². The molecule has 2 N–H and O–H groups in total. The van der Waals surface area contributed by atoms with Crippen LogP contribution in [0.15, 0.2) is 30.3 Å². The highest BCUT2D eigenvalue weighted by molar-refractivity contribution is 7.18. The molecule has 2 fully saturated rings. The van der Waals surface area contributed by atoms with Gasteiger partial charge < -0.3 is 25.0 Å². The minimum Gasteiger partial charge on any atom is -0.433 e. The molecule has 13 heteroatoms. The van der Waals surface area contributed by atoms with Gasteiger partial charge in [0.05, 0.1) is 21.5 Å². The van der Waals surface area contributed by atoms with E-state index >= 15 is 0 Å². The number of ether oxygens (including phenoxy) is 2. The van der Waals surface area contributed by atoms with Crippen molar-refractivity contribution < 1.29 is 32.6 Å². The number of carbonyl (C=O) groups is 3. The minimum absolute atomic E-state index is 0.0319. The summed E-state index contributed by atoms with van der Waals surface area (Å²) in [6.07, 6.45) is 2.16. The second-order valence-corrected chi connectivity index (χ2v) is 10.6. The van der Waals surface area contributed by atoms with E-state index in [0.717, 1.165) is 24.2 Å². The first kappa shape index (κ1) is 27.2. The first-order valence-electron chi connectivity index (χ1n) is 11.7. The molecule has 2 aromatic rings. The number of benzene rings is 1. The average molecular weight is 557 g/mol. The van der Waals surface area contributed by atoms with Crippen LogP contribution in [-0.4, -0.2) is 75.2 Å². The van der Waals surface area contributed by atoms with Gasteiger partial charge in [0.25, 0.3) is 11.8 Å². The number of hydrogen-bond acceptors (Lipinski definition) is 7. The molecule has 37 heavy (non-hydrogen) atoms. The van der Waals surface area contributed by atoms with Crippen LogP contribution in [0.1, 0.15) is 22.5 Å². The number of morpholine rings is 1. The molecule has 2 aliphatic rings. The van der Waals surface area contributed by atoms with Crippen molar-refractivity contribution in [1.82, 2.24) is 10.2 Å². The predicted molar refractivity (Wildman–Crippen MR) is 136 cm³/mol. The SMILES string of the molecule is CN(CC1CC1)[C@@H](CNC(=O)c1ccc(Cl)s1)C(=O)Nc1ccc(N2CCOCC2=O)c(OC(F)F)c1. The Bertz CT molecular complexity index is 1150. The van der Waals surface area contributed by atoms with Gasteiger partial charge in [0, 0.05) is 31.4 Å². The normalized spacial score (nSPS) is 16.7. The third-order valence-electron chi connectivity index (χ3n) is 6.05. The Morgan fingerprint density at radius 3 is 2.73 bits per heavy atom. The molecule has 1 aromatic heterocycles. The number of nitrogens with one attached hydrogen (secondary N) is 2. The van der Waals surface area contributed by atoms with Crippen molar-refractivity contribution in [2.24, 2.45) is 5.92 Å². The van der Waals surface area contributed by atoms with Crippen LogP contribution in [0.4, 0.5) is 20.2 Å². The quantitative estimate of drug-likeness (QED) is 0.440. The molecule has 1 saturated carbocycles. The second-order valence-electron chi connectivity index (χ2n) is 8.86. The Balaban J connectivity index is 1.49. The van der Waals surface area contributed by atoms with Crippen molar-refractivity contribution in [3.05, 3.63) is 39.5 Å². The summed E-state index contributed by atoms with van der Waals surface area (Å²) >= 11 is 7.05. The van der Waals surface area contributed by atoms with Crippen LogP contribution in [0, 0.1) is 5.92 Å². The highest BCUT2D eigenvalue weighted by Gasteiger charge is 2.31. The molecular formula is C24H27ClF2N4O5S. The molecule has 2 heterocycles. The van der Waals surface area contributed by atoms with Gasteiger partial charge in [-0.3, -0.25) is 19.3 Å². The topological polar surface area (TPSA) is 100 Å². The van der Waals surface area contributed by atoms with E-state index in [1.54, 1.807) is 19.2 Å². The van der Waals surface area contributed by atoms with Gasteiger partial charge in [-0.15, -0.1) is 11.3 Å². The molecule has 0 unspecified atom stereocenters. The molecule has 1 aliphatic carbocycles. The zero-order chi connectivity index (χ0) is 26.5. The lowest BCUT2D eigenvalue weighted by atomic mass is 10.2. The molecule has 0 bridgehead atoms. The van der Waals surface area contributed by atoms with Gasteiger partial charge in [-0.1, -0.05) is 11.6 Å². The van der Waals surface area contributed by atoms with E-state index in [2.05, 4.69) is 15.4 Å². The monoisotopic (exact) mass is 556 g/mol. The fraction of sp³-hybridized carbons (Fsp3) is 0.458. The van der Waals surface area contributed by atoms with E-state index in [9.17, 15) is 23.2 Å². The summed E-state index contributed by atoms with van der Waals surface area (Å²) in [4.78, 5) is 41.6. The van der Waals surface area contributed by atoms with Gasteiger partial charge >= 0.3 is 6.61 Å². The zero-order valence-electron chi connectivity index (χ0n) is 20.0. The van der Waals surface area contributed by atoms with Gasteiger partial charge in [0.2, 0.25) is 5.91 Å². The zero-order valence-corrected chi connectivity index (χ0v) is 21.6. The number of carbonyl (C=O) groups excluding carboxylic acids is 3. The van der Waals surface area contributed by atoms with E-state index in [0.29, 0.717) is 21.7 Å². The molecule has 9 nitrogen and oxygen atoms in total. The maximum absolute atomic E-state index is 13.3. The standard InChI is InChI=1S/C24H27ClF2N4O5S/c1-30(12-14-2-3-14)17(11-28-23(34)19-6-7-20(25)37-19)22(33)29-15-4-5-16(18(10-15)36-24(26)27)31-8-9-35-13-21(31)32/h4-7,10,14,17,24H,2-3,8-9,11-13H2,1H3,(H,28,34)(H,29,33)/t17-/m0/s1. The van der Waals surface area contributed by atoms with E-state index in [-0.39, 0.29) is 55.2 Å². The maximum Gasteiger partial charge on any atom is 0.387 e. The van der Waals surface area contributed by atoms with Crippen LogP contribution < -0.4 is 20.3 Å². The molecule has 3 amide bonds. The van der Waals surface area contributed by atoms with Crippen LogP contribution >= 0.6 is 22.9 Å². The van der Waals surface area contributed by atoms with Gasteiger partial charge in [0.1, 0.15) is 12.6 Å². The minimum atomic E-state index is -3.13. The van der Waals surface area contributed by atoms with Crippen molar-refractivity contribution in [3.63, 3.8) is 0 Å². The molecule has 4 rings (SSSR count). The number of thiophene rings is 1. The Morgan fingerprint density at radius 1 is 1.30 bits per heavy atom. The first-order valence-corrected chi connectivity index (χ1v) is 12.9. The number of hydrogen-bond donors (Lipinski definition) is 2. The van der Waals surface area contributed by atoms with Crippen molar-refractivity contribution in [1.29, 1.82) is 0 Å². The Hall–Kier alpha value is -2.80. The van der Waals surface area contributed by atoms with Gasteiger partial charge in [-0.05, 0) is 50.1 Å². The lowest BCUT2D eigenvalue weighted by molar-refractivity contribution is -0.126. The molecule has 1 aromatic carbocycles. The summed E-state index contributed by atoms with van der Waals surface area (Å²) in [6, 6.07) is 6.72. The molecule has 1 aliphatic heterocycles. The average Bonchev–Trinajstić information content (AvgIpc) is 3.55. The third kappa shape index (κ3) is 7.37. The summed E-state index contributed by atoms with van der Waals surface area (Å²) in [5.74, 6) is -0.906. The van der Waals surface area contributed by atoms with Crippen molar-refractivity contribution in [2.45, 2.75) is 25.5 Å². The number of halogens is 3. The highest BCUT2D eigenvalue weighted by atomic mass is 35.5. The largest absolute Gasteiger partial charge is 0.433 e. The number of alkyl halides is 2. The fourth-order valence-corrected chi connectivity index (χ4v) is 4.96. The summed E-state index contributed by atoms with van der Waals surface area (Å²) < 4.78 is 36.5. The summed E-state index contributed by atoms with van der Waals surface area (Å²) in [5, 5.41) is 5.51. The van der Waals surface area contributed by atoms with Crippen LogP contribution in [0.5, 0.6) is 5.75 Å². The molecule has 1 atom stereocenters. The van der Waals surface area contributed by atoms with Crippen LogP contribution in [-0.2, 0) is 14.3 Å². The van der Waals surface area contributed by atoms with Crippen LogP contribution in [0.25, 0.3) is 0 Å². The van der Waals surface area contributed by atoms with Crippen molar-refractivity contribution in [2.75, 3.05) is 50.1 Å². The number of nitrogens with zero attached hydrogens (tertiary/aromatic N) is 2. The smallest absolute Gasteiger partial charge is 0.387 e. The number of likely N-dealkylation sites (N-methyl/N-ethyl adjacent to an activating group) is 1. The first-order chi connectivity index (χ1) is 17.7. The lowest BCUT2D eigenvalue weighted by Gasteiger charge is -2.29. The third-order valence-corrected chi connectivity index (χ3v) is 7.28. The molecule has 1 saturated heterocycles. The Labute approximate surface area is 221 Å². The van der Waals surface area contributed by atoms with Crippen LogP contribution in [0.2, 0.25) is 4.34 Å². The van der Waals surface area contributed by atoms with Gasteiger partial charge in [-0.25, -0.2) is 0 Å².